The van der Waals surface area contributed by atoms with Crippen LogP contribution < -0.4 is 15.8 Å². The molecule has 2 aromatic carbocycles. The number of nitrogens with one attached hydrogen (secondary N) is 2. The number of carbonyl (C=O) groups excluding carboxylic acids is 2. The van der Waals surface area contributed by atoms with E-state index in [0.29, 0.717) is 12.2 Å². The fourth-order valence-electron chi connectivity index (χ4n) is 2.33. The predicted molar refractivity (Wildman–Crippen MR) is 110 cm³/mol. The van der Waals surface area contributed by atoms with Crippen LogP contribution in [0.4, 0.5) is 5.69 Å². The summed E-state index contributed by atoms with van der Waals surface area (Å²) in [6.45, 7) is 0.303. The van der Waals surface area contributed by atoms with Gasteiger partial charge in [-0.1, -0.05) is 12.1 Å². The highest BCUT2D eigenvalue weighted by molar-refractivity contribution is 7.89. The minimum atomic E-state index is -3.75. The second-order valence-corrected chi connectivity index (χ2v) is 7.75. The summed E-state index contributed by atoms with van der Waals surface area (Å²) in [5.41, 5.74) is 1.45. The fraction of sp³-hybridized carbons (Fsp3) is 0.167. The fourth-order valence-corrected chi connectivity index (χ4v) is 3.03. The Kier molecular flexibility index (Phi) is 7.26. The monoisotopic (exact) mass is 437 g/mol. The third kappa shape index (κ3) is 6.24. The van der Waals surface area contributed by atoms with Gasteiger partial charge in [0.15, 0.2) is 5.11 Å². The zero-order valence-electron chi connectivity index (χ0n) is 15.6. The normalized spacial score (nSPS) is 10.7. The molecule has 9 nitrogen and oxygen atoms in total. The summed E-state index contributed by atoms with van der Waals surface area (Å²) in [7, 11) is -1.29. The number of esters is 2. The zero-order valence-corrected chi connectivity index (χ0v) is 17.2. The van der Waals surface area contributed by atoms with E-state index in [1.165, 1.54) is 44.6 Å². The molecule has 4 N–H and O–H groups in total. The molecule has 0 unspecified atom stereocenters. The Bertz CT molecular complexity index is 1000. The average molecular weight is 437 g/mol. The Morgan fingerprint density at radius 3 is 1.97 bits per heavy atom. The van der Waals surface area contributed by atoms with Gasteiger partial charge in [0, 0.05) is 12.2 Å². The summed E-state index contributed by atoms with van der Waals surface area (Å²) in [6, 6.07) is 10.3. The second kappa shape index (κ2) is 9.45. The molecule has 0 radical (unpaired) electrons. The van der Waals surface area contributed by atoms with Crippen molar-refractivity contribution in [2.75, 3.05) is 19.5 Å². The highest BCUT2D eigenvalue weighted by Crippen LogP contribution is 2.17. The van der Waals surface area contributed by atoms with Crippen molar-refractivity contribution in [2.45, 2.75) is 11.4 Å². The second-order valence-electron chi connectivity index (χ2n) is 5.78. The van der Waals surface area contributed by atoms with Crippen molar-refractivity contribution in [1.29, 1.82) is 0 Å². The van der Waals surface area contributed by atoms with Crippen LogP contribution in [0.5, 0.6) is 0 Å². The largest absolute Gasteiger partial charge is 0.465 e. The van der Waals surface area contributed by atoms with Gasteiger partial charge in [-0.2, -0.15) is 0 Å². The number of sulfonamides is 1. The van der Waals surface area contributed by atoms with Crippen molar-refractivity contribution in [1.82, 2.24) is 5.32 Å². The molecule has 0 saturated carbocycles. The van der Waals surface area contributed by atoms with Gasteiger partial charge in [-0.15, -0.1) is 0 Å². The smallest absolute Gasteiger partial charge is 0.337 e. The molecule has 2 rings (SSSR count). The molecular weight excluding hydrogens is 418 g/mol. The van der Waals surface area contributed by atoms with E-state index >= 15 is 0 Å². The number of primary sulfonamides is 1. The molecule has 0 aliphatic carbocycles. The highest BCUT2D eigenvalue weighted by atomic mass is 32.2. The van der Waals surface area contributed by atoms with Gasteiger partial charge < -0.3 is 20.1 Å². The SMILES string of the molecule is COC(=O)c1cc(NC(=S)NCc2ccc(S(N)(=O)=O)cc2)cc(C(=O)OC)c1. The van der Waals surface area contributed by atoms with Crippen molar-refractivity contribution in [3.63, 3.8) is 0 Å². The van der Waals surface area contributed by atoms with Gasteiger partial charge in [-0.25, -0.2) is 23.1 Å². The number of hydrogen-bond donors (Lipinski definition) is 3. The predicted octanol–water partition coefficient (Wildman–Crippen LogP) is 1.39. The van der Waals surface area contributed by atoms with E-state index in [0.717, 1.165) is 5.56 Å². The van der Waals surface area contributed by atoms with Gasteiger partial charge in [0.25, 0.3) is 0 Å². The molecule has 0 fully saturated rings. The number of thiocarbonyl (C=S) groups is 1. The van der Waals surface area contributed by atoms with Crippen molar-refractivity contribution in [2.24, 2.45) is 5.14 Å². The number of carbonyl (C=O) groups is 2. The standard InChI is InChI=1S/C18H19N3O6S2/c1-26-16(22)12-7-13(17(23)27-2)9-14(8-12)21-18(28)20-10-11-3-5-15(6-4-11)29(19,24)25/h3-9H,10H2,1-2H3,(H2,19,24,25)(H2,20,21,28). The Labute approximate surface area is 173 Å². The van der Waals surface area contributed by atoms with Crippen molar-refractivity contribution in [3.8, 4) is 0 Å². The van der Waals surface area contributed by atoms with Crippen molar-refractivity contribution in [3.05, 3.63) is 59.2 Å². The number of benzene rings is 2. The lowest BCUT2D eigenvalue weighted by atomic mass is 10.1. The van der Waals surface area contributed by atoms with E-state index in [4.69, 9.17) is 17.4 Å². The summed E-state index contributed by atoms with van der Waals surface area (Å²) in [6.07, 6.45) is 0. The minimum absolute atomic E-state index is 0.0110. The number of ether oxygens (including phenoxy) is 2. The van der Waals surface area contributed by atoms with Crippen LogP contribution in [0.3, 0.4) is 0 Å². The molecule has 0 amide bonds. The number of anilines is 1. The van der Waals surface area contributed by atoms with E-state index in [9.17, 15) is 18.0 Å². The average Bonchev–Trinajstić information content (AvgIpc) is 2.70. The van der Waals surface area contributed by atoms with E-state index in [1.807, 2.05) is 0 Å². The third-order valence-electron chi connectivity index (χ3n) is 3.74. The molecular formula is C18H19N3O6S2. The molecule has 0 spiro atoms. The Hall–Kier alpha value is -3.02. The maximum atomic E-state index is 11.8. The first kappa shape index (κ1) is 22.3. The summed E-state index contributed by atoms with van der Waals surface area (Å²) in [5.74, 6) is -1.24. The van der Waals surface area contributed by atoms with Gasteiger partial charge in [0.2, 0.25) is 10.0 Å². The molecule has 154 valence electrons. The highest BCUT2D eigenvalue weighted by Gasteiger charge is 2.14. The Morgan fingerprint density at radius 1 is 1.00 bits per heavy atom. The van der Waals surface area contributed by atoms with Crippen LogP contribution in [-0.2, 0) is 26.0 Å². The lowest BCUT2D eigenvalue weighted by molar-refractivity contribution is 0.0599. The van der Waals surface area contributed by atoms with Crippen LogP contribution in [0, 0.1) is 0 Å². The Balaban J connectivity index is 2.09. The summed E-state index contributed by atoms with van der Waals surface area (Å²) < 4.78 is 31.9. The number of rotatable bonds is 6. The summed E-state index contributed by atoms with van der Waals surface area (Å²) >= 11 is 5.22. The number of methoxy groups -OCH3 is 2. The topological polar surface area (TPSA) is 137 Å². The van der Waals surface area contributed by atoms with Crippen LogP contribution in [-0.4, -0.2) is 39.7 Å². The molecule has 11 heteroatoms. The van der Waals surface area contributed by atoms with Gasteiger partial charge in [-0.3, -0.25) is 0 Å². The maximum absolute atomic E-state index is 11.8. The molecule has 0 aromatic heterocycles. The number of hydrogen-bond acceptors (Lipinski definition) is 7. The molecule has 0 aliphatic heterocycles. The van der Waals surface area contributed by atoms with E-state index in [-0.39, 0.29) is 21.1 Å². The van der Waals surface area contributed by atoms with Crippen LogP contribution in [0.1, 0.15) is 26.3 Å². The first-order chi connectivity index (χ1) is 13.6. The molecule has 0 heterocycles. The lowest BCUT2D eigenvalue weighted by Crippen LogP contribution is -2.28. The summed E-state index contributed by atoms with van der Waals surface area (Å²) in [4.78, 5) is 23.7. The molecule has 29 heavy (non-hydrogen) atoms. The van der Waals surface area contributed by atoms with Crippen LogP contribution in [0.15, 0.2) is 47.4 Å². The quantitative estimate of drug-likeness (QED) is 0.452. The first-order valence-corrected chi connectivity index (χ1v) is 10.1. The van der Waals surface area contributed by atoms with Crippen molar-refractivity contribution < 1.29 is 27.5 Å². The lowest BCUT2D eigenvalue weighted by Gasteiger charge is -2.13. The van der Waals surface area contributed by atoms with E-state index in [2.05, 4.69) is 20.1 Å². The van der Waals surface area contributed by atoms with Gasteiger partial charge in [0.1, 0.15) is 0 Å². The van der Waals surface area contributed by atoms with Crippen LogP contribution in [0.25, 0.3) is 0 Å². The van der Waals surface area contributed by atoms with Gasteiger partial charge >= 0.3 is 11.9 Å². The van der Waals surface area contributed by atoms with Crippen LogP contribution in [0.2, 0.25) is 0 Å². The third-order valence-corrected chi connectivity index (χ3v) is 4.91. The first-order valence-electron chi connectivity index (χ1n) is 8.12. The van der Waals surface area contributed by atoms with Crippen LogP contribution >= 0.6 is 12.2 Å². The van der Waals surface area contributed by atoms with Gasteiger partial charge in [-0.05, 0) is 48.1 Å². The van der Waals surface area contributed by atoms with E-state index < -0.39 is 22.0 Å². The zero-order chi connectivity index (χ0) is 21.6. The minimum Gasteiger partial charge on any atom is -0.465 e. The Morgan fingerprint density at radius 2 is 1.52 bits per heavy atom. The molecule has 0 bridgehead atoms. The molecule has 0 atom stereocenters. The molecule has 2 aromatic rings. The van der Waals surface area contributed by atoms with E-state index in [1.54, 1.807) is 12.1 Å². The number of nitrogens with two attached hydrogens (primary N) is 1. The molecule has 0 saturated heterocycles. The molecule has 0 aliphatic rings. The van der Waals surface area contributed by atoms with Gasteiger partial charge in [0.05, 0.1) is 30.2 Å². The maximum Gasteiger partial charge on any atom is 0.337 e. The summed E-state index contributed by atoms with van der Waals surface area (Å²) in [5, 5.41) is 11.1. The van der Waals surface area contributed by atoms with Crippen molar-refractivity contribution >= 4 is 45.0 Å².